The number of hydrogen-bond donors (Lipinski definition) is 1. The van der Waals surface area contributed by atoms with Gasteiger partial charge in [-0.1, -0.05) is 0 Å². The molecule has 100 valence electrons. The van der Waals surface area contributed by atoms with Crippen LogP contribution in [0.2, 0.25) is 0 Å². The molecule has 0 atom stereocenters. The maximum atomic E-state index is 13.1. The molecule has 0 unspecified atom stereocenters. The first kappa shape index (κ1) is 14.3. The molecule has 0 aliphatic rings. The van der Waals surface area contributed by atoms with E-state index in [9.17, 15) is 22.4 Å². The van der Waals surface area contributed by atoms with Gasteiger partial charge in [-0.25, -0.2) is 9.18 Å². The highest BCUT2D eigenvalue weighted by atomic mass is 19.4. The second kappa shape index (κ2) is 4.83. The van der Waals surface area contributed by atoms with E-state index < -0.39 is 40.9 Å². The van der Waals surface area contributed by atoms with Gasteiger partial charge in [0.15, 0.2) is 0 Å². The van der Waals surface area contributed by atoms with Gasteiger partial charge in [-0.05, 0) is 26.0 Å². The van der Waals surface area contributed by atoms with Crippen molar-refractivity contribution in [3.63, 3.8) is 0 Å². The molecule has 0 radical (unpaired) electrons. The Morgan fingerprint density at radius 1 is 1.33 bits per heavy atom. The van der Waals surface area contributed by atoms with Crippen LogP contribution in [0.25, 0.3) is 0 Å². The van der Waals surface area contributed by atoms with E-state index in [-0.39, 0.29) is 6.07 Å². The molecule has 0 bridgehead atoms. The molecule has 0 saturated carbocycles. The highest BCUT2D eigenvalue weighted by molar-refractivity contribution is 5.96. The van der Waals surface area contributed by atoms with Crippen LogP contribution in [0.5, 0.6) is 0 Å². The van der Waals surface area contributed by atoms with Gasteiger partial charge in [-0.2, -0.15) is 13.2 Å². The normalized spacial score (nSPS) is 11.7. The minimum absolute atomic E-state index is 0.238. The lowest BCUT2D eigenvalue weighted by Gasteiger charge is -2.14. The van der Waals surface area contributed by atoms with E-state index in [0.29, 0.717) is 6.07 Å². The topological polar surface area (TPSA) is 52.3 Å². The third-order valence-electron chi connectivity index (χ3n) is 2.01. The molecule has 1 aromatic carbocycles. The molecule has 1 aromatic rings. The van der Waals surface area contributed by atoms with Gasteiger partial charge >= 0.3 is 12.1 Å². The highest BCUT2D eigenvalue weighted by Gasteiger charge is 2.35. The molecule has 0 spiro atoms. The lowest BCUT2D eigenvalue weighted by molar-refractivity contribution is -0.137. The standard InChI is InChI=1S/C11H11F4NO2/c1-5(2)18-10(17)7-3-6(12)4-8(9(7)16)11(13,14)15/h3-5H,16H2,1-2H3. The zero-order valence-electron chi connectivity index (χ0n) is 9.64. The first-order chi connectivity index (χ1) is 8.12. The molecule has 3 nitrogen and oxygen atoms in total. The average Bonchev–Trinajstić information content (AvgIpc) is 2.18. The van der Waals surface area contributed by atoms with Crippen molar-refractivity contribution in [2.75, 3.05) is 5.73 Å². The van der Waals surface area contributed by atoms with Gasteiger partial charge in [-0.15, -0.1) is 0 Å². The molecule has 0 fully saturated rings. The van der Waals surface area contributed by atoms with Gasteiger partial charge in [0.1, 0.15) is 5.82 Å². The fourth-order valence-corrected chi connectivity index (χ4v) is 1.30. The lowest BCUT2D eigenvalue weighted by atomic mass is 10.1. The summed E-state index contributed by atoms with van der Waals surface area (Å²) < 4.78 is 55.4. The third kappa shape index (κ3) is 3.12. The van der Waals surface area contributed by atoms with Crippen LogP contribution < -0.4 is 5.73 Å². The summed E-state index contributed by atoms with van der Waals surface area (Å²) in [6.45, 7) is 3.02. The molecule has 0 saturated heterocycles. The Labute approximate surface area is 101 Å². The number of carbonyl (C=O) groups is 1. The van der Waals surface area contributed by atoms with E-state index in [1.165, 1.54) is 13.8 Å². The first-order valence-corrected chi connectivity index (χ1v) is 5.00. The zero-order valence-corrected chi connectivity index (χ0v) is 9.64. The van der Waals surface area contributed by atoms with Crippen LogP contribution in [0.4, 0.5) is 23.2 Å². The Morgan fingerprint density at radius 3 is 2.33 bits per heavy atom. The summed E-state index contributed by atoms with van der Waals surface area (Å²) in [5.74, 6) is -2.29. The predicted octanol–water partition coefficient (Wildman–Crippen LogP) is 2.99. The lowest BCUT2D eigenvalue weighted by Crippen LogP contribution is -2.17. The monoisotopic (exact) mass is 265 g/mol. The fourth-order valence-electron chi connectivity index (χ4n) is 1.30. The second-order valence-corrected chi connectivity index (χ2v) is 3.87. The van der Waals surface area contributed by atoms with E-state index in [1.807, 2.05) is 0 Å². The minimum Gasteiger partial charge on any atom is -0.459 e. The van der Waals surface area contributed by atoms with Crippen molar-refractivity contribution in [3.05, 3.63) is 29.1 Å². The molecule has 0 amide bonds. The Hall–Kier alpha value is -1.79. The molecule has 18 heavy (non-hydrogen) atoms. The maximum Gasteiger partial charge on any atom is 0.418 e. The number of anilines is 1. The van der Waals surface area contributed by atoms with Crippen LogP contribution in [0.3, 0.4) is 0 Å². The van der Waals surface area contributed by atoms with E-state index in [4.69, 9.17) is 5.73 Å². The summed E-state index contributed by atoms with van der Waals surface area (Å²) >= 11 is 0. The number of halogens is 4. The number of benzene rings is 1. The Balaban J connectivity index is 3.30. The number of alkyl halides is 3. The molecule has 0 aliphatic carbocycles. The summed E-state index contributed by atoms with van der Waals surface area (Å²) in [5.41, 5.74) is 2.37. The number of nitrogen functional groups attached to an aromatic ring is 1. The third-order valence-corrected chi connectivity index (χ3v) is 2.01. The summed E-state index contributed by atoms with van der Waals surface area (Å²) in [5, 5.41) is 0. The van der Waals surface area contributed by atoms with Gasteiger partial charge in [0.2, 0.25) is 0 Å². The summed E-state index contributed by atoms with van der Waals surface area (Å²) in [6, 6.07) is 0.858. The number of nitrogens with two attached hydrogens (primary N) is 1. The molecule has 0 heterocycles. The summed E-state index contributed by atoms with van der Waals surface area (Å²) in [4.78, 5) is 11.5. The highest BCUT2D eigenvalue weighted by Crippen LogP contribution is 2.36. The zero-order chi connectivity index (χ0) is 14.1. The van der Waals surface area contributed by atoms with Crippen molar-refractivity contribution in [1.29, 1.82) is 0 Å². The van der Waals surface area contributed by atoms with E-state index in [1.54, 1.807) is 0 Å². The van der Waals surface area contributed by atoms with Crippen LogP contribution in [0, 0.1) is 5.82 Å². The number of carbonyl (C=O) groups excluding carboxylic acids is 1. The second-order valence-electron chi connectivity index (χ2n) is 3.87. The van der Waals surface area contributed by atoms with E-state index in [0.717, 1.165) is 0 Å². The van der Waals surface area contributed by atoms with Crippen LogP contribution >= 0.6 is 0 Å². The van der Waals surface area contributed by atoms with Crippen molar-refractivity contribution >= 4 is 11.7 Å². The van der Waals surface area contributed by atoms with E-state index >= 15 is 0 Å². The quantitative estimate of drug-likeness (QED) is 0.508. The van der Waals surface area contributed by atoms with Crippen molar-refractivity contribution < 1.29 is 27.1 Å². The van der Waals surface area contributed by atoms with Gasteiger partial charge in [0, 0.05) is 0 Å². The smallest absolute Gasteiger partial charge is 0.418 e. The molecular weight excluding hydrogens is 254 g/mol. The maximum absolute atomic E-state index is 13.1. The SMILES string of the molecule is CC(C)OC(=O)c1cc(F)cc(C(F)(F)F)c1N. The van der Waals surface area contributed by atoms with Crippen molar-refractivity contribution in [1.82, 2.24) is 0 Å². The van der Waals surface area contributed by atoms with Gasteiger partial charge in [-0.3, -0.25) is 0 Å². The molecule has 2 N–H and O–H groups in total. The fraction of sp³-hybridized carbons (Fsp3) is 0.364. The molecule has 0 aliphatic heterocycles. The molecule has 7 heteroatoms. The molecule has 0 aromatic heterocycles. The Bertz CT molecular complexity index is 469. The van der Waals surface area contributed by atoms with Crippen molar-refractivity contribution in [3.8, 4) is 0 Å². The Kier molecular flexibility index (Phi) is 3.83. The summed E-state index contributed by atoms with van der Waals surface area (Å²) in [6.07, 6.45) is -5.38. The summed E-state index contributed by atoms with van der Waals surface area (Å²) in [7, 11) is 0. The Morgan fingerprint density at radius 2 is 1.89 bits per heavy atom. The number of hydrogen-bond acceptors (Lipinski definition) is 3. The molecule has 1 rings (SSSR count). The average molecular weight is 265 g/mol. The van der Waals surface area contributed by atoms with Crippen molar-refractivity contribution in [2.45, 2.75) is 26.1 Å². The number of ether oxygens (including phenoxy) is 1. The minimum atomic E-state index is -4.83. The van der Waals surface area contributed by atoms with Crippen molar-refractivity contribution in [2.24, 2.45) is 0 Å². The van der Waals surface area contributed by atoms with Crippen LogP contribution in [-0.4, -0.2) is 12.1 Å². The van der Waals surface area contributed by atoms with Crippen LogP contribution in [0.15, 0.2) is 12.1 Å². The van der Waals surface area contributed by atoms with Crippen LogP contribution in [0.1, 0.15) is 29.8 Å². The predicted molar refractivity (Wildman–Crippen MR) is 56.4 cm³/mol. The van der Waals surface area contributed by atoms with Crippen LogP contribution in [-0.2, 0) is 10.9 Å². The van der Waals surface area contributed by atoms with E-state index in [2.05, 4.69) is 4.74 Å². The largest absolute Gasteiger partial charge is 0.459 e. The molecular formula is C11H11F4NO2. The number of esters is 1. The van der Waals surface area contributed by atoms with Gasteiger partial charge in [0.25, 0.3) is 0 Å². The first-order valence-electron chi connectivity index (χ1n) is 5.00. The van der Waals surface area contributed by atoms with Gasteiger partial charge < -0.3 is 10.5 Å². The number of rotatable bonds is 2. The van der Waals surface area contributed by atoms with Gasteiger partial charge in [0.05, 0.1) is 22.9 Å².